The summed E-state index contributed by atoms with van der Waals surface area (Å²) in [5, 5.41) is 6.96. The maximum Gasteiger partial charge on any atom is 0.113 e. The van der Waals surface area contributed by atoms with Crippen molar-refractivity contribution >= 4 is 56.7 Å². The summed E-state index contributed by atoms with van der Waals surface area (Å²) in [5.41, 5.74) is 11.5. The van der Waals surface area contributed by atoms with E-state index in [1.807, 2.05) is 12.4 Å². The van der Waals surface area contributed by atoms with Gasteiger partial charge in [0.05, 0.1) is 11.0 Å². The van der Waals surface area contributed by atoms with Crippen molar-refractivity contribution in [3.05, 3.63) is 164 Å². The molecule has 0 saturated carbocycles. The number of benzene rings is 7. The molecule has 0 aliphatic heterocycles. The van der Waals surface area contributed by atoms with E-state index in [1.165, 1.54) is 21.5 Å². The Kier molecular flexibility index (Phi) is 6.43. The van der Waals surface area contributed by atoms with E-state index in [0.717, 1.165) is 66.3 Å². The van der Waals surface area contributed by atoms with Gasteiger partial charge in [-0.05, 0) is 62.4 Å². The first-order valence-electron chi connectivity index (χ1n) is 15.8. The third kappa shape index (κ3) is 4.76. The van der Waals surface area contributed by atoms with E-state index in [0.29, 0.717) is 5.46 Å². The molecule has 9 aromatic rings. The van der Waals surface area contributed by atoms with Crippen molar-refractivity contribution in [3.8, 4) is 44.5 Å². The largest absolute Gasteiger partial charge is 0.255 e. The van der Waals surface area contributed by atoms with Crippen molar-refractivity contribution in [1.29, 1.82) is 0 Å². The molecule has 0 aliphatic carbocycles. The van der Waals surface area contributed by atoms with Crippen LogP contribution in [0.4, 0.5) is 0 Å². The highest BCUT2D eigenvalue weighted by Crippen LogP contribution is 2.38. The molecule has 2 aromatic heterocycles. The van der Waals surface area contributed by atoms with Gasteiger partial charge in [0.2, 0.25) is 0 Å². The van der Waals surface area contributed by atoms with Crippen LogP contribution in [0, 0.1) is 0 Å². The van der Waals surface area contributed by atoms with Crippen LogP contribution in [0.5, 0.6) is 0 Å². The third-order valence-corrected chi connectivity index (χ3v) is 9.20. The van der Waals surface area contributed by atoms with Gasteiger partial charge in [0.1, 0.15) is 7.85 Å². The predicted octanol–water partition coefficient (Wildman–Crippen LogP) is 10.6. The van der Waals surface area contributed by atoms with Gasteiger partial charge in [-0.1, -0.05) is 139 Å². The Balaban J connectivity index is 1.15. The van der Waals surface area contributed by atoms with Gasteiger partial charge in [0.15, 0.2) is 0 Å². The highest BCUT2D eigenvalue weighted by Gasteiger charge is 2.14. The lowest BCUT2D eigenvalue weighted by Gasteiger charge is -2.16. The average Bonchev–Trinajstić information content (AvgIpc) is 3.14. The van der Waals surface area contributed by atoms with E-state index in [2.05, 4.69) is 152 Å². The van der Waals surface area contributed by atoms with Gasteiger partial charge in [-0.3, -0.25) is 9.97 Å². The summed E-state index contributed by atoms with van der Waals surface area (Å²) in [6, 6.07) is 53.4. The quantitative estimate of drug-likeness (QED) is 0.150. The van der Waals surface area contributed by atoms with E-state index in [1.54, 1.807) is 0 Å². The minimum Gasteiger partial charge on any atom is -0.255 e. The Morgan fingerprint density at radius 1 is 0.340 bits per heavy atom. The van der Waals surface area contributed by atoms with Crippen molar-refractivity contribution in [3.63, 3.8) is 0 Å². The average molecular weight is 595 g/mol. The van der Waals surface area contributed by atoms with Gasteiger partial charge in [-0.2, -0.15) is 0 Å². The summed E-state index contributed by atoms with van der Waals surface area (Å²) < 4.78 is 0. The number of hydrogen-bond acceptors (Lipinski definition) is 2. The Labute approximate surface area is 274 Å². The summed E-state index contributed by atoms with van der Waals surface area (Å²) in [4.78, 5) is 9.91. The molecule has 0 atom stereocenters. The van der Waals surface area contributed by atoms with Gasteiger partial charge in [0.25, 0.3) is 0 Å². The van der Waals surface area contributed by atoms with Crippen molar-refractivity contribution in [1.82, 2.24) is 9.97 Å². The molecule has 0 bridgehead atoms. The van der Waals surface area contributed by atoms with Crippen LogP contribution in [0.15, 0.2) is 164 Å². The second kappa shape index (κ2) is 11.1. The first-order valence-corrected chi connectivity index (χ1v) is 15.8. The monoisotopic (exact) mass is 594 g/mol. The lowest BCUT2D eigenvalue weighted by molar-refractivity contribution is 1.42. The molecule has 2 nitrogen and oxygen atoms in total. The Hall–Kier alpha value is -6.06. The molecule has 9 rings (SSSR count). The predicted molar refractivity (Wildman–Crippen MR) is 199 cm³/mol. The first kappa shape index (κ1) is 27.3. The zero-order valence-electron chi connectivity index (χ0n) is 25.6. The minimum absolute atomic E-state index is 0.716. The molecule has 47 heavy (non-hydrogen) atoms. The van der Waals surface area contributed by atoms with Crippen molar-refractivity contribution < 1.29 is 0 Å². The SMILES string of the molecule is [B]c1cc(-c2ccccc2-c2cnc3c(ccc4ccccc43)c2)cc(-c2ccccc2-c2cnc3c(ccc4ccccc43)c2)c1. The van der Waals surface area contributed by atoms with Crippen LogP contribution in [0.25, 0.3) is 87.9 Å². The van der Waals surface area contributed by atoms with E-state index >= 15 is 0 Å². The summed E-state index contributed by atoms with van der Waals surface area (Å²) in [5.74, 6) is 0. The zero-order chi connectivity index (χ0) is 31.3. The second-order valence-electron chi connectivity index (χ2n) is 12.1. The molecule has 0 aliphatic rings. The van der Waals surface area contributed by atoms with Gasteiger partial charge in [0, 0.05) is 45.1 Å². The first-order chi connectivity index (χ1) is 23.2. The minimum atomic E-state index is 0.716. The zero-order valence-corrected chi connectivity index (χ0v) is 25.6. The molecule has 2 heterocycles. The molecule has 0 unspecified atom stereocenters. The van der Waals surface area contributed by atoms with Crippen LogP contribution in [-0.4, -0.2) is 17.8 Å². The Bertz CT molecular complexity index is 2480. The number of aromatic nitrogens is 2. The topological polar surface area (TPSA) is 25.8 Å². The fourth-order valence-electron chi connectivity index (χ4n) is 6.97. The Morgan fingerprint density at radius 3 is 1.19 bits per heavy atom. The van der Waals surface area contributed by atoms with Crippen LogP contribution in [-0.2, 0) is 0 Å². The lowest BCUT2D eigenvalue weighted by Crippen LogP contribution is -2.03. The normalized spacial score (nSPS) is 11.5. The van der Waals surface area contributed by atoms with Gasteiger partial charge < -0.3 is 0 Å². The molecule has 0 saturated heterocycles. The summed E-state index contributed by atoms with van der Waals surface area (Å²) in [6.07, 6.45) is 3.98. The summed E-state index contributed by atoms with van der Waals surface area (Å²) in [7, 11) is 6.64. The van der Waals surface area contributed by atoms with E-state index < -0.39 is 0 Å². The summed E-state index contributed by atoms with van der Waals surface area (Å²) in [6.45, 7) is 0. The molecular formula is C44H27BN2. The highest BCUT2D eigenvalue weighted by molar-refractivity contribution is 6.33. The van der Waals surface area contributed by atoms with E-state index in [9.17, 15) is 0 Å². The molecule has 3 heteroatoms. The number of pyridine rings is 2. The fourth-order valence-corrected chi connectivity index (χ4v) is 6.97. The highest BCUT2D eigenvalue weighted by atomic mass is 14.7. The molecule has 216 valence electrons. The van der Waals surface area contributed by atoms with Crippen LogP contribution < -0.4 is 5.46 Å². The van der Waals surface area contributed by atoms with Crippen molar-refractivity contribution in [2.75, 3.05) is 0 Å². The number of hydrogen-bond donors (Lipinski definition) is 0. The van der Waals surface area contributed by atoms with Crippen LogP contribution in [0.1, 0.15) is 0 Å². The van der Waals surface area contributed by atoms with E-state index in [4.69, 9.17) is 17.8 Å². The smallest absolute Gasteiger partial charge is 0.113 e. The molecule has 2 radical (unpaired) electrons. The van der Waals surface area contributed by atoms with Crippen molar-refractivity contribution in [2.45, 2.75) is 0 Å². The van der Waals surface area contributed by atoms with E-state index in [-0.39, 0.29) is 0 Å². The second-order valence-corrected chi connectivity index (χ2v) is 12.1. The molecule has 7 aromatic carbocycles. The number of nitrogens with zero attached hydrogens (tertiary/aromatic N) is 2. The third-order valence-electron chi connectivity index (χ3n) is 9.20. The van der Waals surface area contributed by atoms with Crippen LogP contribution >= 0.6 is 0 Å². The summed E-state index contributed by atoms with van der Waals surface area (Å²) >= 11 is 0. The van der Waals surface area contributed by atoms with Crippen molar-refractivity contribution in [2.24, 2.45) is 0 Å². The molecular weight excluding hydrogens is 567 g/mol. The maximum atomic E-state index is 6.64. The number of fused-ring (bicyclic) bond motifs is 6. The lowest BCUT2D eigenvalue weighted by atomic mass is 9.85. The Morgan fingerprint density at radius 2 is 0.723 bits per heavy atom. The fraction of sp³-hybridized carbons (Fsp3) is 0. The van der Waals surface area contributed by atoms with Crippen LogP contribution in [0.3, 0.4) is 0 Å². The number of rotatable bonds is 4. The van der Waals surface area contributed by atoms with Gasteiger partial charge in [-0.15, -0.1) is 0 Å². The van der Waals surface area contributed by atoms with Crippen LogP contribution in [0.2, 0.25) is 0 Å². The molecule has 0 spiro atoms. The maximum absolute atomic E-state index is 6.64. The van der Waals surface area contributed by atoms with Gasteiger partial charge >= 0.3 is 0 Å². The molecule has 0 fully saturated rings. The molecule has 0 N–H and O–H groups in total. The van der Waals surface area contributed by atoms with Gasteiger partial charge in [-0.25, -0.2) is 0 Å². The standard InChI is InChI=1S/C44H27BN2/c45-36-24-32(37-11-5-7-13-39(37)34-21-30-19-17-28-9-1-3-15-41(28)43(30)46-26-34)23-33(25-36)38-12-6-8-14-40(38)35-22-31-20-18-29-10-2-4-16-42(29)44(31)47-27-35/h1-27H. The molecule has 0 amide bonds.